The van der Waals surface area contributed by atoms with Crippen LogP contribution in [0.25, 0.3) is 0 Å². The Bertz CT molecular complexity index is 821. The molecule has 1 aliphatic carbocycles. The van der Waals surface area contributed by atoms with Crippen molar-refractivity contribution >= 4 is 23.1 Å². The summed E-state index contributed by atoms with van der Waals surface area (Å²) in [6.45, 7) is 2.24. The highest BCUT2D eigenvalue weighted by atomic mass is 32.1. The van der Waals surface area contributed by atoms with Gasteiger partial charge in [0, 0.05) is 17.2 Å². The van der Waals surface area contributed by atoms with Crippen LogP contribution in [0.4, 0.5) is 0 Å². The fourth-order valence-corrected chi connectivity index (χ4v) is 5.56. The highest BCUT2D eigenvalue weighted by Crippen LogP contribution is 2.40. The number of hydrogen-bond donors (Lipinski definition) is 0. The van der Waals surface area contributed by atoms with Crippen molar-refractivity contribution in [1.82, 2.24) is 0 Å². The van der Waals surface area contributed by atoms with Gasteiger partial charge in [-0.25, -0.2) is 4.79 Å². The van der Waals surface area contributed by atoms with Gasteiger partial charge in [0.1, 0.15) is 10.7 Å². The van der Waals surface area contributed by atoms with E-state index in [0.717, 1.165) is 32.1 Å². The molecule has 0 spiro atoms. The summed E-state index contributed by atoms with van der Waals surface area (Å²) in [4.78, 5) is 26.1. The van der Waals surface area contributed by atoms with Crippen LogP contribution in [-0.2, 0) is 22.4 Å². The van der Waals surface area contributed by atoms with Crippen molar-refractivity contribution in [3.63, 3.8) is 0 Å². The largest absolute Gasteiger partial charge is 0.465 e. The second-order valence-electron chi connectivity index (χ2n) is 8.44. The zero-order valence-corrected chi connectivity index (χ0v) is 19.1. The molecule has 1 aliphatic rings. The average molecular weight is 427 g/mol. The molecule has 2 atom stereocenters. The van der Waals surface area contributed by atoms with Crippen molar-refractivity contribution in [3.05, 3.63) is 57.3 Å². The Hall–Kier alpha value is -1.94. The predicted molar refractivity (Wildman–Crippen MR) is 123 cm³/mol. The minimum Gasteiger partial charge on any atom is -0.465 e. The highest BCUT2D eigenvalue weighted by Gasteiger charge is 2.35. The maximum Gasteiger partial charge on any atom is 0.348 e. The Labute approximate surface area is 184 Å². The van der Waals surface area contributed by atoms with E-state index in [2.05, 4.69) is 31.2 Å². The summed E-state index contributed by atoms with van der Waals surface area (Å²) in [6, 6.07) is 12.7. The molecule has 1 aromatic carbocycles. The monoisotopic (exact) mass is 426 g/mol. The SMILES string of the molecule is CCCCCCc1ccc([C@H]2C(=O)CCC2CCCc2ccc(C(=O)OC)s2)cc1. The molecule has 0 amide bonds. The maximum absolute atomic E-state index is 12.6. The number of benzene rings is 1. The molecule has 0 bridgehead atoms. The van der Waals surface area contributed by atoms with Crippen LogP contribution in [0.5, 0.6) is 0 Å². The number of methoxy groups -OCH3 is 1. The van der Waals surface area contributed by atoms with Gasteiger partial charge in [0.2, 0.25) is 0 Å². The van der Waals surface area contributed by atoms with E-state index in [0.29, 0.717) is 23.0 Å². The minimum absolute atomic E-state index is 0.0631. The highest BCUT2D eigenvalue weighted by molar-refractivity contribution is 7.13. The van der Waals surface area contributed by atoms with E-state index in [1.165, 1.54) is 60.1 Å². The first-order valence-corrected chi connectivity index (χ1v) is 12.2. The number of hydrogen-bond acceptors (Lipinski definition) is 4. The Morgan fingerprint density at radius 1 is 1.03 bits per heavy atom. The Morgan fingerprint density at radius 2 is 1.83 bits per heavy atom. The molecule has 1 unspecified atom stereocenters. The van der Waals surface area contributed by atoms with Crippen molar-refractivity contribution in [2.24, 2.45) is 5.92 Å². The molecule has 1 aromatic heterocycles. The zero-order valence-electron chi connectivity index (χ0n) is 18.3. The third-order valence-corrected chi connectivity index (χ3v) is 7.41. The predicted octanol–water partition coefficient (Wildman–Crippen LogP) is 6.74. The molecule has 3 nitrogen and oxygen atoms in total. The van der Waals surface area contributed by atoms with E-state index in [4.69, 9.17) is 4.74 Å². The third kappa shape index (κ3) is 6.04. The summed E-state index contributed by atoms with van der Waals surface area (Å²) in [6.07, 6.45) is 11.0. The second-order valence-corrected chi connectivity index (χ2v) is 9.61. The summed E-state index contributed by atoms with van der Waals surface area (Å²) in [5.41, 5.74) is 2.58. The number of unbranched alkanes of at least 4 members (excludes halogenated alkanes) is 3. The van der Waals surface area contributed by atoms with E-state index >= 15 is 0 Å². The smallest absolute Gasteiger partial charge is 0.348 e. The molecule has 0 radical (unpaired) electrons. The molecule has 1 saturated carbocycles. The average Bonchev–Trinajstić information content (AvgIpc) is 3.38. The van der Waals surface area contributed by atoms with Gasteiger partial charge in [-0.05, 0) is 67.7 Å². The topological polar surface area (TPSA) is 43.4 Å². The van der Waals surface area contributed by atoms with E-state index in [1.807, 2.05) is 12.1 Å². The first-order chi connectivity index (χ1) is 14.6. The lowest BCUT2D eigenvalue weighted by molar-refractivity contribution is -0.119. The molecule has 0 saturated heterocycles. The Balaban J connectivity index is 1.52. The van der Waals surface area contributed by atoms with Crippen LogP contribution in [0.15, 0.2) is 36.4 Å². The van der Waals surface area contributed by atoms with Crippen molar-refractivity contribution in [3.8, 4) is 0 Å². The minimum atomic E-state index is -0.262. The number of ether oxygens (including phenoxy) is 1. The van der Waals surface area contributed by atoms with Gasteiger partial charge in [0.05, 0.1) is 7.11 Å². The van der Waals surface area contributed by atoms with Crippen LogP contribution in [0.3, 0.4) is 0 Å². The van der Waals surface area contributed by atoms with Crippen molar-refractivity contribution in [1.29, 1.82) is 0 Å². The first-order valence-electron chi connectivity index (χ1n) is 11.4. The van der Waals surface area contributed by atoms with Crippen LogP contribution >= 0.6 is 11.3 Å². The fraction of sp³-hybridized carbons (Fsp3) is 0.538. The molecule has 162 valence electrons. The van der Waals surface area contributed by atoms with Gasteiger partial charge in [-0.1, -0.05) is 50.5 Å². The summed E-state index contributed by atoms with van der Waals surface area (Å²) in [7, 11) is 1.41. The Morgan fingerprint density at radius 3 is 2.57 bits per heavy atom. The normalized spacial score (nSPS) is 18.7. The Kier molecular flexibility index (Phi) is 8.68. The van der Waals surface area contributed by atoms with Gasteiger partial charge in [-0.15, -0.1) is 11.3 Å². The van der Waals surface area contributed by atoms with Gasteiger partial charge < -0.3 is 4.74 Å². The van der Waals surface area contributed by atoms with Crippen LogP contribution in [0, 0.1) is 5.92 Å². The van der Waals surface area contributed by atoms with Crippen molar-refractivity contribution in [2.75, 3.05) is 7.11 Å². The lowest BCUT2D eigenvalue weighted by atomic mass is 9.84. The van der Waals surface area contributed by atoms with E-state index in [-0.39, 0.29) is 11.9 Å². The molecule has 1 fully saturated rings. The number of carbonyl (C=O) groups excluding carboxylic acids is 2. The van der Waals surface area contributed by atoms with Crippen molar-refractivity contribution < 1.29 is 14.3 Å². The van der Waals surface area contributed by atoms with Crippen LogP contribution < -0.4 is 0 Å². The number of thiophene rings is 1. The van der Waals surface area contributed by atoms with E-state index in [1.54, 1.807) is 0 Å². The number of Topliss-reactive ketones (excluding diaryl/α,β-unsaturated/α-hetero) is 1. The van der Waals surface area contributed by atoms with Gasteiger partial charge in [0.25, 0.3) is 0 Å². The number of esters is 1. The summed E-state index contributed by atoms with van der Waals surface area (Å²) >= 11 is 1.52. The third-order valence-electron chi connectivity index (χ3n) is 6.28. The molecule has 0 N–H and O–H groups in total. The van der Waals surface area contributed by atoms with E-state index < -0.39 is 0 Å². The van der Waals surface area contributed by atoms with Gasteiger partial charge in [-0.2, -0.15) is 0 Å². The van der Waals surface area contributed by atoms with Gasteiger partial charge in [0.15, 0.2) is 0 Å². The van der Waals surface area contributed by atoms with E-state index in [9.17, 15) is 9.59 Å². The molecular weight excluding hydrogens is 392 g/mol. The lowest BCUT2D eigenvalue weighted by Gasteiger charge is -2.19. The number of aryl methyl sites for hydroxylation is 2. The standard InChI is InChI=1S/C26H34O3S/c1-3-4-5-6-8-19-11-13-21(14-12-19)25-20(15-17-23(25)27)9-7-10-22-16-18-24(30-22)26(28)29-2/h11-14,16,18,20,25H,3-10,15,17H2,1-2H3/t20?,25-/m0/s1. The molecule has 0 aliphatic heterocycles. The second kappa shape index (κ2) is 11.5. The summed E-state index contributed by atoms with van der Waals surface area (Å²) in [5, 5.41) is 0. The number of ketones is 1. The van der Waals surface area contributed by atoms with Gasteiger partial charge >= 0.3 is 5.97 Å². The quantitative estimate of drug-likeness (QED) is 0.295. The lowest BCUT2D eigenvalue weighted by Crippen LogP contribution is -2.13. The van der Waals surface area contributed by atoms with Crippen LogP contribution in [-0.4, -0.2) is 18.9 Å². The van der Waals surface area contributed by atoms with Crippen LogP contribution in [0.2, 0.25) is 0 Å². The number of carbonyl (C=O) groups is 2. The molecule has 30 heavy (non-hydrogen) atoms. The maximum atomic E-state index is 12.6. The number of rotatable bonds is 11. The fourth-order valence-electron chi connectivity index (χ4n) is 4.59. The van der Waals surface area contributed by atoms with Crippen LogP contribution in [0.1, 0.15) is 89.9 Å². The molecule has 2 aromatic rings. The first kappa shape index (κ1) is 22.7. The summed E-state index contributed by atoms with van der Waals surface area (Å²) < 4.78 is 4.78. The zero-order chi connectivity index (χ0) is 21.3. The molecule has 1 heterocycles. The summed E-state index contributed by atoms with van der Waals surface area (Å²) in [5.74, 6) is 0.641. The molecular formula is C26H34O3S. The molecule has 4 heteroatoms. The van der Waals surface area contributed by atoms with Gasteiger partial charge in [-0.3, -0.25) is 4.79 Å². The van der Waals surface area contributed by atoms with Crippen molar-refractivity contribution in [2.45, 2.75) is 77.0 Å². The molecule has 3 rings (SSSR count).